The fourth-order valence-corrected chi connectivity index (χ4v) is 3.23. The van der Waals surface area contributed by atoms with Gasteiger partial charge in [0.25, 0.3) is 11.6 Å². The summed E-state index contributed by atoms with van der Waals surface area (Å²) in [5.74, 6) is -0.951. The van der Waals surface area contributed by atoms with E-state index in [1.54, 1.807) is 4.90 Å². The average molecular weight is 334 g/mol. The lowest BCUT2D eigenvalue weighted by atomic mass is 9.97. The van der Waals surface area contributed by atoms with Crippen molar-refractivity contribution >= 4 is 17.6 Å². The molecule has 0 aromatic heterocycles. The zero-order valence-electron chi connectivity index (χ0n) is 14.2. The van der Waals surface area contributed by atoms with Gasteiger partial charge in [-0.15, -0.1) is 0 Å². The van der Waals surface area contributed by atoms with Gasteiger partial charge in [-0.3, -0.25) is 14.9 Å². The number of amides is 1. The van der Waals surface area contributed by atoms with Crippen LogP contribution in [-0.2, 0) is 9.53 Å². The molecule has 7 nitrogen and oxygen atoms in total. The van der Waals surface area contributed by atoms with Crippen LogP contribution in [-0.4, -0.2) is 40.4 Å². The molecule has 2 atom stereocenters. The molecule has 1 amide bonds. The molecule has 1 heterocycles. The molecule has 1 aromatic rings. The predicted molar refractivity (Wildman–Crippen MR) is 87.7 cm³/mol. The van der Waals surface area contributed by atoms with Gasteiger partial charge >= 0.3 is 5.97 Å². The number of benzene rings is 1. The van der Waals surface area contributed by atoms with Crippen LogP contribution in [0.3, 0.4) is 0 Å². The summed E-state index contributed by atoms with van der Waals surface area (Å²) >= 11 is 0. The van der Waals surface area contributed by atoms with Crippen molar-refractivity contribution < 1.29 is 19.2 Å². The van der Waals surface area contributed by atoms with Crippen molar-refractivity contribution in [1.82, 2.24) is 4.90 Å². The largest absolute Gasteiger partial charge is 0.452 e. The summed E-state index contributed by atoms with van der Waals surface area (Å²) < 4.78 is 5.10. The number of nitrogens with zero attached hydrogens (tertiary/aromatic N) is 2. The van der Waals surface area contributed by atoms with Gasteiger partial charge in [-0.25, -0.2) is 4.79 Å². The van der Waals surface area contributed by atoms with Crippen molar-refractivity contribution in [3.63, 3.8) is 0 Å². The molecule has 0 N–H and O–H groups in total. The third-order valence-electron chi connectivity index (χ3n) is 4.53. The Bertz CT molecular complexity index is 648. The second-order valence-corrected chi connectivity index (χ2v) is 6.21. The summed E-state index contributed by atoms with van der Waals surface area (Å²) in [7, 11) is 0. The van der Waals surface area contributed by atoms with Gasteiger partial charge in [0.1, 0.15) is 0 Å². The monoisotopic (exact) mass is 334 g/mol. The Kier molecular flexibility index (Phi) is 5.54. The summed E-state index contributed by atoms with van der Waals surface area (Å²) in [6.45, 7) is 5.11. The zero-order valence-corrected chi connectivity index (χ0v) is 14.2. The first kappa shape index (κ1) is 17.9. The third kappa shape index (κ3) is 3.72. The van der Waals surface area contributed by atoms with Gasteiger partial charge in [-0.1, -0.05) is 6.07 Å². The number of likely N-dealkylation sites (tertiary alicyclic amines) is 1. The fraction of sp³-hybridized carbons (Fsp3) is 0.529. The third-order valence-corrected chi connectivity index (χ3v) is 4.53. The van der Waals surface area contributed by atoms with E-state index in [1.807, 2.05) is 13.8 Å². The molecule has 1 fully saturated rings. The zero-order chi connectivity index (χ0) is 17.9. The molecule has 0 unspecified atom stereocenters. The van der Waals surface area contributed by atoms with E-state index in [1.165, 1.54) is 25.1 Å². The van der Waals surface area contributed by atoms with Gasteiger partial charge < -0.3 is 9.64 Å². The van der Waals surface area contributed by atoms with Gasteiger partial charge in [-0.2, -0.15) is 0 Å². The molecule has 1 aliphatic rings. The van der Waals surface area contributed by atoms with Crippen molar-refractivity contribution in [2.75, 3.05) is 6.61 Å². The van der Waals surface area contributed by atoms with E-state index in [9.17, 15) is 19.7 Å². The minimum atomic E-state index is -0.720. The number of rotatable bonds is 4. The maximum absolute atomic E-state index is 12.4. The summed E-state index contributed by atoms with van der Waals surface area (Å²) in [6, 6.07) is 4.47. The Morgan fingerprint density at radius 2 is 1.92 bits per heavy atom. The first-order valence-corrected chi connectivity index (χ1v) is 8.05. The van der Waals surface area contributed by atoms with Gasteiger partial charge in [0.2, 0.25) is 0 Å². The van der Waals surface area contributed by atoms with Crippen LogP contribution in [0.15, 0.2) is 18.2 Å². The maximum Gasteiger partial charge on any atom is 0.339 e. The summed E-state index contributed by atoms with van der Waals surface area (Å²) in [4.78, 5) is 36.7. The van der Waals surface area contributed by atoms with Crippen LogP contribution in [0.1, 0.15) is 49.0 Å². The van der Waals surface area contributed by atoms with E-state index in [4.69, 9.17) is 4.74 Å². The van der Waals surface area contributed by atoms with Crippen molar-refractivity contribution in [2.45, 2.75) is 52.1 Å². The van der Waals surface area contributed by atoms with E-state index in [0.29, 0.717) is 0 Å². The first-order valence-electron chi connectivity index (χ1n) is 8.05. The van der Waals surface area contributed by atoms with Crippen molar-refractivity contribution in [1.29, 1.82) is 0 Å². The minimum absolute atomic E-state index is 0.108. The van der Waals surface area contributed by atoms with Crippen LogP contribution in [0.4, 0.5) is 5.69 Å². The number of nitro groups is 1. The molecule has 0 spiro atoms. The van der Waals surface area contributed by atoms with Crippen LogP contribution in [0.2, 0.25) is 0 Å². The number of piperidine rings is 1. The Balaban J connectivity index is 2.04. The predicted octanol–water partition coefficient (Wildman–Crippen LogP) is 2.85. The fourth-order valence-electron chi connectivity index (χ4n) is 3.23. The number of hydrogen-bond donors (Lipinski definition) is 0. The number of esters is 1. The van der Waals surface area contributed by atoms with Crippen LogP contribution in [0, 0.1) is 17.0 Å². The number of nitro benzene ring substituents is 1. The van der Waals surface area contributed by atoms with E-state index in [-0.39, 0.29) is 41.4 Å². The molecular formula is C17H22N2O5. The van der Waals surface area contributed by atoms with Crippen molar-refractivity contribution in [3.8, 4) is 0 Å². The van der Waals surface area contributed by atoms with Gasteiger partial charge in [0.05, 0.1) is 10.5 Å². The highest BCUT2D eigenvalue weighted by atomic mass is 16.6. The van der Waals surface area contributed by atoms with Crippen molar-refractivity contribution in [3.05, 3.63) is 39.4 Å². The number of carbonyl (C=O) groups is 2. The minimum Gasteiger partial charge on any atom is -0.452 e. The van der Waals surface area contributed by atoms with Gasteiger partial charge in [0.15, 0.2) is 6.61 Å². The van der Waals surface area contributed by atoms with Crippen LogP contribution in [0.5, 0.6) is 0 Å². The quantitative estimate of drug-likeness (QED) is 0.480. The molecule has 130 valence electrons. The molecule has 0 aliphatic carbocycles. The lowest BCUT2D eigenvalue weighted by Crippen LogP contribution is -2.49. The van der Waals surface area contributed by atoms with Crippen LogP contribution < -0.4 is 0 Å². The lowest BCUT2D eigenvalue weighted by Gasteiger charge is -2.38. The molecule has 1 aromatic carbocycles. The van der Waals surface area contributed by atoms with E-state index >= 15 is 0 Å². The number of ether oxygens (including phenoxy) is 1. The molecule has 24 heavy (non-hydrogen) atoms. The molecule has 2 rings (SSSR count). The normalized spacial score (nSPS) is 20.5. The standard InChI is InChI=1S/C17H22N2O5/c1-11-6-4-7-12(2)18(11)16(20)10-24-17(21)14-8-5-9-15(13(14)3)19(22)23/h5,8-9,11-12H,4,6-7,10H2,1-3H3/t11-,12-/m0/s1. The van der Waals surface area contributed by atoms with Crippen molar-refractivity contribution in [2.24, 2.45) is 0 Å². The number of hydrogen-bond acceptors (Lipinski definition) is 5. The number of carbonyl (C=O) groups excluding carboxylic acids is 2. The molecular weight excluding hydrogens is 312 g/mol. The Labute approximate surface area is 140 Å². The van der Waals surface area contributed by atoms with Crippen LogP contribution in [0.25, 0.3) is 0 Å². The molecule has 1 saturated heterocycles. The summed E-state index contributed by atoms with van der Waals surface area (Å²) in [6.07, 6.45) is 2.96. The first-order chi connectivity index (χ1) is 11.3. The summed E-state index contributed by atoms with van der Waals surface area (Å²) in [5.41, 5.74) is 0.199. The average Bonchev–Trinajstić information content (AvgIpc) is 2.52. The molecule has 1 aliphatic heterocycles. The Hall–Kier alpha value is -2.44. The highest BCUT2D eigenvalue weighted by molar-refractivity contribution is 5.93. The second kappa shape index (κ2) is 7.42. The smallest absolute Gasteiger partial charge is 0.339 e. The molecule has 0 radical (unpaired) electrons. The Morgan fingerprint density at radius 3 is 2.50 bits per heavy atom. The lowest BCUT2D eigenvalue weighted by molar-refractivity contribution is -0.385. The molecule has 7 heteroatoms. The SMILES string of the molecule is Cc1c(C(=O)OCC(=O)N2[C@@H](C)CCC[C@@H]2C)cccc1[N+](=O)[O-]. The summed E-state index contributed by atoms with van der Waals surface area (Å²) in [5, 5.41) is 10.9. The van der Waals surface area contributed by atoms with E-state index in [2.05, 4.69) is 0 Å². The van der Waals surface area contributed by atoms with Gasteiger partial charge in [0, 0.05) is 23.7 Å². The topological polar surface area (TPSA) is 89.8 Å². The Morgan fingerprint density at radius 1 is 1.29 bits per heavy atom. The molecule has 0 saturated carbocycles. The maximum atomic E-state index is 12.4. The highest BCUT2D eigenvalue weighted by Crippen LogP contribution is 2.24. The van der Waals surface area contributed by atoms with Crippen LogP contribution >= 0.6 is 0 Å². The van der Waals surface area contributed by atoms with Gasteiger partial charge in [-0.05, 0) is 46.1 Å². The highest BCUT2D eigenvalue weighted by Gasteiger charge is 2.29. The molecule has 0 bridgehead atoms. The second-order valence-electron chi connectivity index (χ2n) is 6.21. The van der Waals surface area contributed by atoms with E-state index in [0.717, 1.165) is 19.3 Å². The van der Waals surface area contributed by atoms with E-state index < -0.39 is 10.9 Å².